The van der Waals surface area contributed by atoms with E-state index in [4.69, 9.17) is 4.74 Å². The summed E-state index contributed by atoms with van der Waals surface area (Å²) in [5, 5.41) is 12.7. The largest absolute Gasteiger partial charge is 0.480 e. The Hall–Kier alpha value is -0.650. The second kappa shape index (κ2) is 7.22. The van der Waals surface area contributed by atoms with E-state index in [2.05, 4.69) is 24.1 Å². The molecule has 0 aromatic heterocycles. The van der Waals surface area contributed by atoms with Crippen molar-refractivity contribution in [3.8, 4) is 0 Å². The van der Waals surface area contributed by atoms with Crippen LogP contribution in [-0.4, -0.2) is 61.4 Å². The number of nitrogens with zero attached hydrogens (tertiary/aromatic N) is 1. The standard InChI is InChI=1S/C14H28N2O3/c1-5-11(2)16(8-9-19-4)10-14(15-3,13(17)18)12-6-7-12/h11-12,15H,5-10H2,1-4H3,(H,17,18). The summed E-state index contributed by atoms with van der Waals surface area (Å²) in [6, 6.07) is 0.362. The van der Waals surface area contributed by atoms with Crippen molar-refractivity contribution in [1.82, 2.24) is 10.2 Å². The first-order valence-electron chi connectivity index (χ1n) is 7.17. The van der Waals surface area contributed by atoms with Crippen molar-refractivity contribution in [2.45, 2.75) is 44.7 Å². The number of methoxy groups -OCH3 is 1. The minimum absolute atomic E-state index is 0.254. The third-order valence-corrected chi connectivity index (χ3v) is 4.35. The normalized spacial score (nSPS) is 20.3. The van der Waals surface area contributed by atoms with Crippen LogP contribution in [0.5, 0.6) is 0 Å². The van der Waals surface area contributed by atoms with E-state index in [0.29, 0.717) is 19.2 Å². The molecule has 0 amide bonds. The van der Waals surface area contributed by atoms with Crippen molar-refractivity contribution < 1.29 is 14.6 Å². The average molecular weight is 272 g/mol. The Balaban J connectivity index is 2.80. The van der Waals surface area contributed by atoms with Crippen LogP contribution in [0.1, 0.15) is 33.1 Å². The highest BCUT2D eigenvalue weighted by atomic mass is 16.5. The molecule has 112 valence electrons. The highest BCUT2D eigenvalue weighted by Crippen LogP contribution is 2.40. The van der Waals surface area contributed by atoms with Crippen molar-refractivity contribution in [3.63, 3.8) is 0 Å². The summed E-state index contributed by atoms with van der Waals surface area (Å²) in [5.41, 5.74) is -0.808. The van der Waals surface area contributed by atoms with Gasteiger partial charge in [-0.1, -0.05) is 6.92 Å². The molecule has 1 fully saturated rings. The molecule has 0 heterocycles. The lowest BCUT2D eigenvalue weighted by molar-refractivity contribution is -0.147. The van der Waals surface area contributed by atoms with Crippen LogP contribution in [0, 0.1) is 5.92 Å². The fraction of sp³-hybridized carbons (Fsp3) is 0.929. The van der Waals surface area contributed by atoms with Crippen LogP contribution in [-0.2, 0) is 9.53 Å². The molecule has 0 radical (unpaired) electrons. The fourth-order valence-electron chi connectivity index (χ4n) is 2.58. The second-order valence-electron chi connectivity index (χ2n) is 5.52. The van der Waals surface area contributed by atoms with Crippen molar-refractivity contribution >= 4 is 5.97 Å². The van der Waals surface area contributed by atoms with Gasteiger partial charge >= 0.3 is 5.97 Å². The van der Waals surface area contributed by atoms with E-state index < -0.39 is 11.5 Å². The van der Waals surface area contributed by atoms with Gasteiger partial charge in [0.05, 0.1) is 6.61 Å². The monoisotopic (exact) mass is 272 g/mol. The Kier molecular flexibility index (Phi) is 6.23. The smallest absolute Gasteiger partial charge is 0.325 e. The van der Waals surface area contributed by atoms with Crippen molar-refractivity contribution in [2.75, 3.05) is 33.9 Å². The zero-order valence-corrected chi connectivity index (χ0v) is 12.6. The maximum absolute atomic E-state index is 11.7. The van der Waals surface area contributed by atoms with E-state index in [1.807, 2.05) is 0 Å². The zero-order chi connectivity index (χ0) is 14.5. The Labute approximate surface area is 116 Å². The van der Waals surface area contributed by atoms with E-state index in [1.54, 1.807) is 14.2 Å². The predicted molar refractivity (Wildman–Crippen MR) is 75.4 cm³/mol. The molecule has 1 rings (SSSR count). The van der Waals surface area contributed by atoms with E-state index in [0.717, 1.165) is 25.8 Å². The molecule has 0 aromatic carbocycles. The van der Waals surface area contributed by atoms with Gasteiger partial charge in [0, 0.05) is 26.2 Å². The fourth-order valence-corrected chi connectivity index (χ4v) is 2.58. The third-order valence-electron chi connectivity index (χ3n) is 4.35. The molecule has 1 aliphatic carbocycles. The van der Waals surface area contributed by atoms with Crippen LogP contribution < -0.4 is 5.32 Å². The SMILES string of the molecule is CCC(C)N(CCOC)CC(NC)(C(=O)O)C1CC1. The molecule has 0 spiro atoms. The topological polar surface area (TPSA) is 61.8 Å². The Bertz CT molecular complexity index is 294. The van der Waals surface area contributed by atoms with Gasteiger partial charge in [-0.25, -0.2) is 0 Å². The summed E-state index contributed by atoms with van der Waals surface area (Å²) in [6.07, 6.45) is 3.02. The van der Waals surface area contributed by atoms with Crippen LogP contribution in [0.3, 0.4) is 0 Å². The molecular weight excluding hydrogens is 244 g/mol. The molecule has 1 aliphatic rings. The van der Waals surface area contributed by atoms with Crippen LogP contribution in [0.2, 0.25) is 0 Å². The lowest BCUT2D eigenvalue weighted by Crippen LogP contribution is -2.61. The Morgan fingerprint density at radius 3 is 2.58 bits per heavy atom. The summed E-state index contributed by atoms with van der Waals surface area (Å²) < 4.78 is 5.14. The zero-order valence-electron chi connectivity index (χ0n) is 12.6. The lowest BCUT2D eigenvalue weighted by Gasteiger charge is -2.38. The van der Waals surface area contributed by atoms with Crippen molar-refractivity contribution in [2.24, 2.45) is 5.92 Å². The van der Waals surface area contributed by atoms with E-state index in [-0.39, 0.29) is 5.92 Å². The number of aliphatic carboxylic acids is 1. The van der Waals surface area contributed by atoms with Crippen LogP contribution in [0.4, 0.5) is 0 Å². The van der Waals surface area contributed by atoms with Gasteiger partial charge in [0.15, 0.2) is 0 Å². The van der Waals surface area contributed by atoms with E-state index >= 15 is 0 Å². The Morgan fingerprint density at radius 2 is 2.21 bits per heavy atom. The number of rotatable bonds is 10. The average Bonchev–Trinajstić information content (AvgIpc) is 3.23. The highest BCUT2D eigenvalue weighted by Gasteiger charge is 2.51. The summed E-state index contributed by atoms with van der Waals surface area (Å²) in [5.74, 6) is -0.479. The number of ether oxygens (including phenoxy) is 1. The van der Waals surface area contributed by atoms with Gasteiger partial charge in [-0.15, -0.1) is 0 Å². The molecule has 1 saturated carbocycles. The van der Waals surface area contributed by atoms with Gasteiger partial charge in [0.1, 0.15) is 5.54 Å². The maximum atomic E-state index is 11.7. The lowest BCUT2D eigenvalue weighted by atomic mass is 9.92. The maximum Gasteiger partial charge on any atom is 0.325 e. The summed E-state index contributed by atoms with van der Waals surface area (Å²) in [4.78, 5) is 14.0. The summed E-state index contributed by atoms with van der Waals surface area (Å²) >= 11 is 0. The van der Waals surface area contributed by atoms with Gasteiger partial charge in [0.2, 0.25) is 0 Å². The van der Waals surface area contributed by atoms with E-state index in [9.17, 15) is 9.90 Å². The molecular formula is C14H28N2O3. The molecule has 19 heavy (non-hydrogen) atoms. The first-order valence-corrected chi connectivity index (χ1v) is 7.17. The molecule has 2 atom stereocenters. The van der Waals surface area contributed by atoms with Crippen molar-refractivity contribution in [1.29, 1.82) is 0 Å². The molecule has 0 aromatic rings. The number of carboxylic acid groups (broad SMARTS) is 1. The number of carbonyl (C=O) groups is 1. The van der Waals surface area contributed by atoms with E-state index in [1.165, 1.54) is 0 Å². The molecule has 5 heteroatoms. The number of carboxylic acids is 1. The second-order valence-corrected chi connectivity index (χ2v) is 5.52. The van der Waals surface area contributed by atoms with Crippen LogP contribution in [0.25, 0.3) is 0 Å². The van der Waals surface area contributed by atoms with Crippen LogP contribution in [0.15, 0.2) is 0 Å². The molecule has 2 unspecified atom stereocenters. The quantitative estimate of drug-likeness (QED) is 0.625. The Morgan fingerprint density at radius 1 is 1.58 bits per heavy atom. The van der Waals surface area contributed by atoms with Crippen molar-refractivity contribution in [3.05, 3.63) is 0 Å². The van der Waals surface area contributed by atoms with Gasteiger partial charge in [-0.05, 0) is 39.2 Å². The molecule has 0 aliphatic heterocycles. The van der Waals surface area contributed by atoms with Gasteiger partial charge in [-0.3, -0.25) is 9.69 Å². The minimum Gasteiger partial charge on any atom is -0.480 e. The first kappa shape index (κ1) is 16.4. The highest BCUT2D eigenvalue weighted by molar-refractivity contribution is 5.80. The van der Waals surface area contributed by atoms with Gasteiger partial charge in [0.25, 0.3) is 0 Å². The van der Waals surface area contributed by atoms with Gasteiger partial charge < -0.3 is 15.2 Å². The predicted octanol–water partition coefficient (Wildman–Crippen LogP) is 1.19. The summed E-state index contributed by atoms with van der Waals surface area (Å²) in [6.45, 7) is 6.22. The molecule has 0 saturated heterocycles. The molecule has 2 N–H and O–H groups in total. The number of hydrogen-bond donors (Lipinski definition) is 2. The molecule has 0 bridgehead atoms. The van der Waals surface area contributed by atoms with Gasteiger partial charge in [-0.2, -0.15) is 0 Å². The number of hydrogen-bond acceptors (Lipinski definition) is 4. The minimum atomic E-state index is -0.808. The first-order chi connectivity index (χ1) is 9.01. The van der Waals surface area contributed by atoms with Crippen LogP contribution >= 0.6 is 0 Å². The number of nitrogens with one attached hydrogen (secondary N) is 1. The number of likely N-dealkylation sites (N-methyl/N-ethyl adjacent to an activating group) is 1. The molecule has 5 nitrogen and oxygen atoms in total. The summed E-state index contributed by atoms with van der Waals surface area (Å²) in [7, 11) is 3.44. The third kappa shape index (κ3) is 3.91.